The van der Waals surface area contributed by atoms with E-state index in [0.29, 0.717) is 58.1 Å². The van der Waals surface area contributed by atoms with Crippen molar-refractivity contribution >= 4 is 63.4 Å². The smallest absolute Gasteiger partial charge is 0.322 e. The van der Waals surface area contributed by atoms with Crippen molar-refractivity contribution in [3.63, 3.8) is 0 Å². The number of amides is 2. The number of nitrogens with zero attached hydrogens (tertiary/aromatic N) is 9. The Morgan fingerprint density at radius 1 is 1.10 bits per heavy atom. The fourth-order valence-corrected chi connectivity index (χ4v) is 10.0. The number of ether oxygens (including phenoxy) is 2. The van der Waals surface area contributed by atoms with Gasteiger partial charge < -0.3 is 29.2 Å². The molecule has 0 bridgehead atoms. The second-order valence-electron chi connectivity index (χ2n) is 16.9. The summed E-state index contributed by atoms with van der Waals surface area (Å²) in [6.45, 7) is 6.26. The number of nitriles is 1. The third-order valence-corrected chi connectivity index (χ3v) is 13.7. The number of nitrogens with one attached hydrogen (secondary N) is 2. The molecule has 3 aromatic carbocycles. The van der Waals surface area contributed by atoms with Crippen LogP contribution in [0.1, 0.15) is 44.2 Å². The summed E-state index contributed by atoms with van der Waals surface area (Å²) in [7, 11) is 5.14. The predicted molar refractivity (Wildman–Crippen MR) is 231 cm³/mol. The van der Waals surface area contributed by atoms with E-state index in [2.05, 4.69) is 29.9 Å². The first-order valence-electron chi connectivity index (χ1n) is 20.6. The third-order valence-electron chi connectivity index (χ3n) is 12.8. The number of urea groups is 1. The summed E-state index contributed by atoms with van der Waals surface area (Å²) in [4.78, 5) is 48.0. The Bertz CT molecular complexity index is 2680. The molecule has 3 aliphatic heterocycles. The van der Waals surface area contributed by atoms with Crippen LogP contribution in [-0.4, -0.2) is 112 Å². The van der Waals surface area contributed by atoms with Gasteiger partial charge in [0.1, 0.15) is 29.5 Å². The summed E-state index contributed by atoms with van der Waals surface area (Å²) >= 11 is 1.28. The Balaban J connectivity index is 0.815. The molecule has 2 aromatic heterocycles. The van der Waals surface area contributed by atoms with Crippen LogP contribution in [0.5, 0.6) is 11.5 Å². The molecular weight excluding hydrogens is 821 g/mol. The molecule has 3 saturated heterocycles. The first kappa shape index (κ1) is 41.5. The number of aromatic nitrogens is 4. The van der Waals surface area contributed by atoms with E-state index in [4.69, 9.17) is 9.47 Å². The van der Waals surface area contributed by atoms with Crippen LogP contribution in [0.3, 0.4) is 0 Å². The highest BCUT2D eigenvalue weighted by molar-refractivity contribution is 7.98. The van der Waals surface area contributed by atoms with Gasteiger partial charge in [-0.15, -0.1) is 0 Å². The summed E-state index contributed by atoms with van der Waals surface area (Å²) in [5.41, 5.74) is 1.59. The highest BCUT2D eigenvalue weighted by Crippen LogP contribution is 2.54. The van der Waals surface area contributed by atoms with Crippen LogP contribution in [0, 0.1) is 28.4 Å². The largest absolute Gasteiger partial charge is 0.453 e. The molecule has 5 heterocycles. The summed E-state index contributed by atoms with van der Waals surface area (Å²) in [5.74, 6) is -0.815. The van der Waals surface area contributed by atoms with Gasteiger partial charge in [-0.2, -0.15) is 10.4 Å². The van der Waals surface area contributed by atoms with Gasteiger partial charge in [-0.05, 0) is 62.4 Å². The van der Waals surface area contributed by atoms with E-state index in [-0.39, 0.29) is 58.5 Å². The number of aryl methyl sites for hydroxylation is 1. The van der Waals surface area contributed by atoms with Crippen LogP contribution in [-0.2, 0) is 16.6 Å². The van der Waals surface area contributed by atoms with Crippen LogP contribution in [0.25, 0.3) is 21.8 Å². The lowest BCUT2D eigenvalue weighted by Gasteiger charge is -2.64. The number of benzene rings is 3. The van der Waals surface area contributed by atoms with Gasteiger partial charge in [0.2, 0.25) is 0 Å². The van der Waals surface area contributed by atoms with Crippen molar-refractivity contribution in [2.45, 2.75) is 50.3 Å². The van der Waals surface area contributed by atoms with Crippen molar-refractivity contribution in [3.05, 3.63) is 76.3 Å². The lowest BCUT2D eigenvalue weighted by atomic mass is 9.59. The molecule has 2 N–H and O–H groups in total. The van der Waals surface area contributed by atoms with E-state index in [1.54, 1.807) is 40.8 Å². The number of anilines is 3. The Kier molecular flexibility index (Phi) is 10.8. The molecule has 1 saturated carbocycles. The number of aldehydes is 1. The maximum Gasteiger partial charge on any atom is 0.322 e. The van der Waals surface area contributed by atoms with Crippen LogP contribution < -0.4 is 30.1 Å². The second-order valence-corrected chi connectivity index (χ2v) is 17.9. The molecule has 62 heavy (non-hydrogen) atoms. The monoisotopic (exact) mass is 867 g/mol. The lowest BCUT2D eigenvalue weighted by Crippen LogP contribution is -2.72. The molecule has 1 atom stereocenters. The molecule has 0 radical (unpaired) electrons. The summed E-state index contributed by atoms with van der Waals surface area (Å²) in [5, 5.41) is 17.8. The number of carbonyl (C=O) groups excluding carboxylic acids is 2. The Labute approximate surface area is 360 Å². The molecule has 16 nitrogen and oxygen atoms in total. The molecule has 5 aromatic rings. The van der Waals surface area contributed by atoms with Gasteiger partial charge in [-0.3, -0.25) is 23.8 Å². The number of hydrogen-bond donors (Lipinski definition) is 2. The van der Waals surface area contributed by atoms with E-state index in [9.17, 15) is 19.6 Å². The lowest BCUT2D eigenvalue weighted by molar-refractivity contribution is -0.158. The molecule has 2 amide bonds. The Hall–Kier alpha value is -5.81. The van der Waals surface area contributed by atoms with Crippen molar-refractivity contribution in [1.29, 1.82) is 5.26 Å². The quantitative estimate of drug-likeness (QED) is 0.112. The number of fused-ring (bicyclic) bond motifs is 2. The molecule has 2 spiro atoms. The average Bonchev–Trinajstić information content (AvgIpc) is 3.81. The van der Waals surface area contributed by atoms with Crippen molar-refractivity contribution in [2.24, 2.45) is 12.5 Å². The Morgan fingerprint density at radius 3 is 2.61 bits per heavy atom. The number of likely N-dealkylation sites (tertiary alicyclic amines) is 1. The zero-order valence-electron chi connectivity index (χ0n) is 34.9. The SMILES string of the molecule is CCN(C)SNc1ccc(F)c(Oc2ccc3ncn(C4COC5(C4)CN(C4CC6(C4)CN(c4cc7c(cc4F)c(N(CCC=O)C(=O)NC)nn7C)C6)C5)c(=O)c3c2)c1C#N. The molecule has 1 unspecified atom stereocenters. The zero-order valence-corrected chi connectivity index (χ0v) is 35.7. The molecule has 324 valence electrons. The van der Waals surface area contributed by atoms with Crippen molar-refractivity contribution in [2.75, 3.05) is 74.5 Å². The predicted octanol–water partition coefficient (Wildman–Crippen LogP) is 5.57. The fourth-order valence-electron chi connectivity index (χ4n) is 9.47. The van der Waals surface area contributed by atoms with E-state index in [1.165, 1.54) is 48.3 Å². The van der Waals surface area contributed by atoms with Gasteiger partial charge in [0.15, 0.2) is 17.4 Å². The molecule has 4 aliphatic rings. The first-order chi connectivity index (χ1) is 29.9. The highest BCUT2D eigenvalue weighted by atomic mass is 32.2. The van der Waals surface area contributed by atoms with Crippen LogP contribution in [0.15, 0.2) is 53.6 Å². The minimum atomic E-state index is -0.703. The fraction of sp³-hybridized carbons (Fsp3) is 0.442. The van der Waals surface area contributed by atoms with Gasteiger partial charge >= 0.3 is 6.03 Å². The topological polar surface area (TPSA) is 166 Å². The molecule has 1 aliphatic carbocycles. The molecule has 4 fully saturated rings. The standard InChI is InChI=1S/C43H47F2N11O5S/c1-5-51(3)62-50-35-10-8-32(44)38(31(35)19-46)61-28-7-9-34-29(13-28)40(58)56(25-48-34)27-18-43(60-20-27)23-53(24-43)26-16-42(17-26)21-54(22-42)37-15-36-30(14-33(37)45)39(49-52(36)4)55(11-6-12-57)41(59)47-2/h7-10,12-15,25-27,50H,5-6,11,16-18,20-24H2,1-4H3,(H,47,59). The van der Waals surface area contributed by atoms with E-state index >= 15 is 8.78 Å². The van der Waals surface area contributed by atoms with Crippen LogP contribution in [0.2, 0.25) is 0 Å². The number of hydrogen-bond acceptors (Lipinski definition) is 13. The van der Waals surface area contributed by atoms with E-state index in [1.807, 2.05) is 24.3 Å². The third kappa shape index (κ3) is 7.27. The van der Waals surface area contributed by atoms with Gasteiger partial charge in [-0.1, -0.05) is 6.92 Å². The van der Waals surface area contributed by atoms with Crippen molar-refractivity contribution < 1.29 is 27.8 Å². The minimum absolute atomic E-state index is 0.00658. The highest BCUT2D eigenvalue weighted by Gasteiger charge is 2.59. The summed E-state index contributed by atoms with van der Waals surface area (Å²) in [6, 6.07) is 12.5. The van der Waals surface area contributed by atoms with Gasteiger partial charge in [0.05, 0.1) is 52.4 Å². The summed E-state index contributed by atoms with van der Waals surface area (Å²) < 4.78 is 51.4. The second kappa shape index (κ2) is 16.1. The van der Waals surface area contributed by atoms with Gasteiger partial charge in [-0.25, -0.2) is 22.9 Å². The number of carbonyl (C=O) groups is 2. The number of halogens is 2. The normalized spacial score (nSPS) is 19.1. The molecular formula is C43H47F2N11O5S. The minimum Gasteiger partial charge on any atom is -0.453 e. The maximum atomic E-state index is 15.7. The van der Waals surface area contributed by atoms with Crippen molar-refractivity contribution in [1.82, 2.24) is 33.9 Å². The average molecular weight is 868 g/mol. The number of rotatable bonds is 13. The van der Waals surface area contributed by atoms with Crippen LogP contribution >= 0.6 is 12.1 Å². The van der Waals surface area contributed by atoms with E-state index < -0.39 is 11.8 Å². The van der Waals surface area contributed by atoms with E-state index in [0.717, 1.165) is 51.9 Å². The Morgan fingerprint density at radius 2 is 1.89 bits per heavy atom. The first-order valence-corrected chi connectivity index (χ1v) is 21.4. The van der Waals surface area contributed by atoms with Crippen LogP contribution in [0.4, 0.5) is 30.8 Å². The zero-order chi connectivity index (χ0) is 43.5. The molecule has 19 heteroatoms. The van der Waals surface area contributed by atoms with Gasteiger partial charge in [0.25, 0.3) is 5.56 Å². The molecule has 9 rings (SSSR count). The maximum absolute atomic E-state index is 15.7. The summed E-state index contributed by atoms with van der Waals surface area (Å²) in [6.07, 6.45) is 5.10. The van der Waals surface area contributed by atoms with Gasteiger partial charge in [0, 0.05) is 95.2 Å². The van der Waals surface area contributed by atoms with Crippen molar-refractivity contribution in [3.8, 4) is 17.6 Å².